The maximum absolute atomic E-state index is 11.8. The van der Waals surface area contributed by atoms with Gasteiger partial charge in [0.1, 0.15) is 23.1 Å². The number of hydrogen-bond acceptors (Lipinski definition) is 5. The number of nitriles is 1. The number of aromatic hydroxyl groups is 1. The summed E-state index contributed by atoms with van der Waals surface area (Å²) in [6.07, 6.45) is 1.77. The van der Waals surface area contributed by atoms with Crippen molar-refractivity contribution in [2.24, 2.45) is 0 Å². The van der Waals surface area contributed by atoms with Gasteiger partial charge in [-0.3, -0.25) is 4.79 Å². The third-order valence-electron chi connectivity index (χ3n) is 2.61. The van der Waals surface area contributed by atoms with Gasteiger partial charge in [0, 0.05) is 5.56 Å². The van der Waals surface area contributed by atoms with Gasteiger partial charge in [0.15, 0.2) is 5.16 Å². The molecular weight excluding hydrogens is 262 g/mol. The fourth-order valence-corrected chi connectivity index (χ4v) is 2.06. The molecule has 2 rings (SSSR count). The van der Waals surface area contributed by atoms with Crippen LogP contribution < -0.4 is 5.56 Å². The van der Waals surface area contributed by atoms with Gasteiger partial charge in [-0.1, -0.05) is 23.4 Å². The van der Waals surface area contributed by atoms with Crippen LogP contribution in [0, 0.1) is 18.3 Å². The number of hydrogen-bond donors (Lipinski definition) is 2. The molecule has 0 unspecified atom stereocenters. The molecule has 0 saturated carbocycles. The van der Waals surface area contributed by atoms with Gasteiger partial charge >= 0.3 is 0 Å². The Morgan fingerprint density at radius 1 is 1.47 bits per heavy atom. The first-order valence-electron chi connectivity index (χ1n) is 5.45. The molecular formula is C13H11N3O2S. The van der Waals surface area contributed by atoms with Gasteiger partial charge in [0.25, 0.3) is 5.56 Å². The maximum Gasteiger partial charge on any atom is 0.270 e. The zero-order chi connectivity index (χ0) is 14.0. The summed E-state index contributed by atoms with van der Waals surface area (Å²) in [5.74, 6) is -0.00717. The Hall–Kier alpha value is -2.26. The highest BCUT2D eigenvalue weighted by molar-refractivity contribution is 7.98. The van der Waals surface area contributed by atoms with Crippen molar-refractivity contribution in [1.29, 1.82) is 5.26 Å². The molecule has 0 aliphatic rings. The predicted octanol–water partition coefficient (Wildman–Crippen LogP) is 2.04. The molecule has 1 heterocycles. The normalized spacial score (nSPS) is 10.2. The second-order valence-corrected chi connectivity index (χ2v) is 4.73. The molecule has 0 atom stereocenters. The summed E-state index contributed by atoms with van der Waals surface area (Å²) in [5, 5.41) is 19.4. The van der Waals surface area contributed by atoms with Gasteiger partial charge in [-0.15, -0.1) is 0 Å². The molecule has 0 aliphatic carbocycles. The number of nitrogens with one attached hydrogen (secondary N) is 1. The molecule has 0 aliphatic heterocycles. The summed E-state index contributed by atoms with van der Waals surface area (Å²) in [4.78, 5) is 18.5. The number of aromatic nitrogens is 2. The Bertz CT molecular complexity index is 732. The number of phenolic OH excluding ortho intramolecular Hbond substituents is 1. The van der Waals surface area contributed by atoms with Crippen LogP contribution in [0.2, 0.25) is 0 Å². The summed E-state index contributed by atoms with van der Waals surface area (Å²) < 4.78 is 0. The maximum atomic E-state index is 11.8. The lowest BCUT2D eigenvalue weighted by Crippen LogP contribution is -2.14. The molecule has 19 heavy (non-hydrogen) atoms. The van der Waals surface area contributed by atoms with E-state index in [1.807, 2.05) is 13.0 Å². The topological polar surface area (TPSA) is 89.8 Å². The van der Waals surface area contributed by atoms with Crippen LogP contribution in [0.15, 0.2) is 28.2 Å². The van der Waals surface area contributed by atoms with Crippen molar-refractivity contribution < 1.29 is 5.11 Å². The van der Waals surface area contributed by atoms with Gasteiger partial charge in [-0.05, 0) is 25.3 Å². The molecule has 0 bridgehead atoms. The van der Waals surface area contributed by atoms with Crippen molar-refractivity contribution in [3.8, 4) is 23.1 Å². The summed E-state index contributed by atoms with van der Waals surface area (Å²) in [7, 11) is 0. The number of thioether (sulfide) groups is 1. The van der Waals surface area contributed by atoms with E-state index in [2.05, 4.69) is 9.97 Å². The molecule has 1 aromatic carbocycles. The number of rotatable bonds is 2. The number of nitrogens with zero attached hydrogens (tertiary/aromatic N) is 2. The minimum atomic E-state index is -0.502. The summed E-state index contributed by atoms with van der Waals surface area (Å²) in [5.41, 5.74) is 0.899. The Morgan fingerprint density at radius 2 is 2.21 bits per heavy atom. The smallest absolute Gasteiger partial charge is 0.270 e. The van der Waals surface area contributed by atoms with E-state index >= 15 is 0 Å². The van der Waals surface area contributed by atoms with Gasteiger partial charge in [0.2, 0.25) is 0 Å². The van der Waals surface area contributed by atoms with E-state index in [4.69, 9.17) is 5.26 Å². The molecule has 1 aromatic heterocycles. The average Bonchev–Trinajstić information content (AvgIpc) is 2.40. The van der Waals surface area contributed by atoms with Crippen LogP contribution in [0.25, 0.3) is 11.3 Å². The SMILES string of the molecule is CSc1nc(-c2cc(C)ccc2O)c(C#N)c(=O)[nH]1. The zero-order valence-corrected chi connectivity index (χ0v) is 11.2. The van der Waals surface area contributed by atoms with Crippen molar-refractivity contribution in [3.05, 3.63) is 39.7 Å². The van der Waals surface area contributed by atoms with Gasteiger partial charge in [0.05, 0.1) is 0 Å². The van der Waals surface area contributed by atoms with Crippen molar-refractivity contribution in [2.75, 3.05) is 6.26 Å². The Labute approximate surface area is 113 Å². The van der Waals surface area contributed by atoms with Crippen LogP contribution in [0.4, 0.5) is 0 Å². The largest absolute Gasteiger partial charge is 0.507 e. The second kappa shape index (κ2) is 5.16. The van der Waals surface area contributed by atoms with Crippen LogP contribution in [-0.2, 0) is 0 Å². The average molecular weight is 273 g/mol. The lowest BCUT2D eigenvalue weighted by atomic mass is 10.0. The molecule has 0 saturated heterocycles. The fraction of sp³-hybridized carbons (Fsp3) is 0.154. The molecule has 5 nitrogen and oxygen atoms in total. The van der Waals surface area contributed by atoms with Crippen LogP contribution in [0.1, 0.15) is 11.1 Å². The van der Waals surface area contributed by atoms with E-state index in [1.54, 1.807) is 18.4 Å². The Balaban J connectivity index is 2.81. The molecule has 0 fully saturated rings. The van der Waals surface area contributed by atoms with Crippen molar-refractivity contribution in [1.82, 2.24) is 9.97 Å². The van der Waals surface area contributed by atoms with Crippen LogP contribution in [-0.4, -0.2) is 21.3 Å². The quantitative estimate of drug-likeness (QED) is 0.645. The van der Waals surface area contributed by atoms with Crippen molar-refractivity contribution >= 4 is 11.8 Å². The van der Waals surface area contributed by atoms with E-state index in [9.17, 15) is 9.90 Å². The molecule has 96 valence electrons. The first kappa shape index (κ1) is 13.2. The van der Waals surface area contributed by atoms with Crippen LogP contribution in [0.5, 0.6) is 5.75 Å². The standard InChI is InChI=1S/C13H11N3O2S/c1-7-3-4-10(17)8(5-7)11-9(6-14)12(18)16-13(15-11)19-2/h3-5,17H,1-2H3,(H,15,16,18). The lowest BCUT2D eigenvalue weighted by Gasteiger charge is -2.08. The van der Waals surface area contributed by atoms with E-state index < -0.39 is 5.56 Å². The first-order chi connectivity index (χ1) is 9.06. The Kier molecular flexibility index (Phi) is 3.58. The van der Waals surface area contributed by atoms with E-state index in [1.165, 1.54) is 17.8 Å². The first-order valence-corrected chi connectivity index (χ1v) is 6.67. The summed E-state index contributed by atoms with van der Waals surface area (Å²) in [6.45, 7) is 1.86. The third-order valence-corrected chi connectivity index (χ3v) is 3.19. The highest BCUT2D eigenvalue weighted by Gasteiger charge is 2.16. The molecule has 0 spiro atoms. The summed E-state index contributed by atoms with van der Waals surface area (Å²) >= 11 is 1.26. The monoisotopic (exact) mass is 273 g/mol. The van der Waals surface area contributed by atoms with Crippen molar-refractivity contribution in [3.63, 3.8) is 0 Å². The third kappa shape index (κ3) is 2.46. The van der Waals surface area contributed by atoms with Gasteiger partial charge < -0.3 is 10.1 Å². The molecule has 0 radical (unpaired) electrons. The summed E-state index contributed by atoms with van der Waals surface area (Å²) in [6, 6.07) is 6.80. The van der Waals surface area contributed by atoms with Gasteiger partial charge in [-0.25, -0.2) is 4.98 Å². The Morgan fingerprint density at radius 3 is 2.84 bits per heavy atom. The molecule has 2 aromatic rings. The van der Waals surface area contributed by atoms with E-state index in [-0.39, 0.29) is 17.0 Å². The predicted molar refractivity (Wildman–Crippen MR) is 73.2 cm³/mol. The van der Waals surface area contributed by atoms with E-state index in [0.717, 1.165) is 5.56 Å². The minimum Gasteiger partial charge on any atom is -0.507 e. The number of H-pyrrole nitrogens is 1. The molecule has 2 N–H and O–H groups in total. The van der Waals surface area contributed by atoms with Gasteiger partial charge in [-0.2, -0.15) is 5.26 Å². The number of phenols is 1. The minimum absolute atomic E-state index is 0.00717. The lowest BCUT2D eigenvalue weighted by molar-refractivity contribution is 0.477. The number of aryl methyl sites for hydroxylation is 1. The van der Waals surface area contributed by atoms with Crippen LogP contribution in [0.3, 0.4) is 0 Å². The highest BCUT2D eigenvalue weighted by Crippen LogP contribution is 2.30. The van der Waals surface area contributed by atoms with E-state index in [0.29, 0.717) is 10.7 Å². The highest BCUT2D eigenvalue weighted by atomic mass is 32.2. The molecule has 0 amide bonds. The number of aromatic amines is 1. The second-order valence-electron chi connectivity index (χ2n) is 3.93. The number of benzene rings is 1. The molecule has 6 heteroatoms. The zero-order valence-electron chi connectivity index (χ0n) is 10.4. The van der Waals surface area contributed by atoms with Crippen LogP contribution >= 0.6 is 11.8 Å². The fourth-order valence-electron chi connectivity index (χ4n) is 1.69. The van der Waals surface area contributed by atoms with Crippen molar-refractivity contribution in [2.45, 2.75) is 12.1 Å².